The Labute approximate surface area is 152 Å². The van der Waals surface area contributed by atoms with Crippen molar-refractivity contribution in [2.24, 2.45) is 0 Å². The van der Waals surface area contributed by atoms with E-state index in [0.717, 1.165) is 16.9 Å². The summed E-state index contributed by atoms with van der Waals surface area (Å²) in [5.74, 6) is 0.821. The fourth-order valence-electron chi connectivity index (χ4n) is 2.81. The van der Waals surface area contributed by atoms with E-state index in [4.69, 9.17) is 16.3 Å². The summed E-state index contributed by atoms with van der Waals surface area (Å²) in [7, 11) is 0. The van der Waals surface area contributed by atoms with E-state index in [1.807, 2.05) is 33.8 Å². The van der Waals surface area contributed by atoms with Gasteiger partial charge in [-0.2, -0.15) is 0 Å². The van der Waals surface area contributed by atoms with Crippen molar-refractivity contribution in [2.75, 3.05) is 31.1 Å². The van der Waals surface area contributed by atoms with Crippen molar-refractivity contribution < 1.29 is 9.53 Å². The molecule has 0 saturated carbocycles. The number of hydrogen-bond donors (Lipinski definition) is 0. The van der Waals surface area contributed by atoms with Gasteiger partial charge in [-0.25, -0.2) is 19.7 Å². The molecule has 2 aromatic rings. The Morgan fingerprint density at radius 1 is 1.20 bits per heavy atom. The minimum Gasteiger partial charge on any atom is -0.444 e. The van der Waals surface area contributed by atoms with Crippen LogP contribution in [0, 0.1) is 6.92 Å². The molecular weight excluding hydrogens is 342 g/mol. The van der Waals surface area contributed by atoms with Crippen LogP contribution < -0.4 is 4.90 Å². The molecular formula is C17H22ClN5O2. The summed E-state index contributed by atoms with van der Waals surface area (Å²) < 4.78 is 5.44. The van der Waals surface area contributed by atoms with E-state index in [0.29, 0.717) is 36.8 Å². The molecule has 3 heterocycles. The highest BCUT2D eigenvalue weighted by atomic mass is 35.5. The van der Waals surface area contributed by atoms with Crippen LogP contribution in [0.1, 0.15) is 26.5 Å². The lowest BCUT2D eigenvalue weighted by Crippen LogP contribution is -2.50. The minimum atomic E-state index is -0.488. The topological polar surface area (TPSA) is 71.5 Å². The first-order valence-corrected chi connectivity index (χ1v) is 8.63. The molecule has 2 aromatic heterocycles. The molecule has 1 aliphatic heterocycles. The van der Waals surface area contributed by atoms with Crippen LogP contribution in [0.5, 0.6) is 0 Å². The maximum Gasteiger partial charge on any atom is 0.410 e. The number of anilines is 1. The Bertz CT molecular complexity index is 797. The number of pyridine rings is 1. The van der Waals surface area contributed by atoms with Crippen molar-refractivity contribution in [3.63, 3.8) is 0 Å². The summed E-state index contributed by atoms with van der Waals surface area (Å²) in [6.07, 6.45) is 1.23. The van der Waals surface area contributed by atoms with Crippen LogP contribution in [-0.4, -0.2) is 57.7 Å². The van der Waals surface area contributed by atoms with Gasteiger partial charge >= 0.3 is 6.09 Å². The number of halogens is 1. The van der Waals surface area contributed by atoms with E-state index < -0.39 is 5.60 Å². The summed E-state index contributed by atoms with van der Waals surface area (Å²) in [6.45, 7) is 10.0. The van der Waals surface area contributed by atoms with Crippen LogP contribution >= 0.6 is 11.6 Å². The molecule has 1 aliphatic rings. The van der Waals surface area contributed by atoms with E-state index >= 15 is 0 Å². The summed E-state index contributed by atoms with van der Waals surface area (Å²) in [5.41, 5.74) is 0.978. The number of carbonyl (C=O) groups is 1. The Kier molecular flexibility index (Phi) is 4.69. The third-order valence-electron chi connectivity index (χ3n) is 3.92. The lowest BCUT2D eigenvalue weighted by molar-refractivity contribution is 0.0240. The van der Waals surface area contributed by atoms with Gasteiger partial charge in [0.2, 0.25) is 0 Å². The van der Waals surface area contributed by atoms with Crippen molar-refractivity contribution in [1.82, 2.24) is 19.9 Å². The minimum absolute atomic E-state index is 0.275. The number of hydrogen-bond acceptors (Lipinski definition) is 6. The molecule has 134 valence electrons. The smallest absolute Gasteiger partial charge is 0.410 e. The normalized spacial score (nSPS) is 15.6. The number of piperazine rings is 1. The Hall–Kier alpha value is -2.15. The van der Waals surface area contributed by atoms with Gasteiger partial charge in [-0.05, 0) is 33.8 Å². The molecule has 8 heteroatoms. The number of ether oxygens (including phenoxy) is 1. The van der Waals surface area contributed by atoms with Gasteiger partial charge in [-0.3, -0.25) is 0 Å². The second-order valence-corrected chi connectivity index (χ2v) is 7.46. The number of aryl methyl sites for hydroxylation is 1. The molecule has 7 nitrogen and oxygen atoms in total. The largest absolute Gasteiger partial charge is 0.444 e. The first-order chi connectivity index (χ1) is 11.7. The van der Waals surface area contributed by atoms with Crippen LogP contribution in [-0.2, 0) is 4.74 Å². The zero-order valence-corrected chi connectivity index (χ0v) is 15.7. The van der Waals surface area contributed by atoms with Gasteiger partial charge in [-0.15, -0.1) is 0 Å². The van der Waals surface area contributed by atoms with E-state index in [9.17, 15) is 4.79 Å². The van der Waals surface area contributed by atoms with Crippen molar-refractivity contribution >= 4 is 34.4 Å². The standard InChI is InChI=1S/C17H22ClN5O2/c1-11-9-12-13(14(18)21-11)19-10-20-15(12)22-5-7-23(8-6-22)16(24)25-17(2,3)4/h9-10H,5-8H2,1-4H3. The summed E-state index contributed by atoms with van der Waals surface area (Å²) in [5, 5.41) is 1.26. The zero-order chi connectivity index (χ0) is 18.2. The van der Waals surface area contributed by atoms with Crippen LogP contribution in [0.2, 0.25) is 5.15 Å². The fraction of sp³-hybridized carbons (Fsp3) is 0.529. The fourth-order valence-corrected chi connectivity index (χ4v) is 3.10. The van der Waals surface area contributed by atoms with Gasteiger partial charge in [-0.1, -0.05) is 11.6 Å². The number of nitrogens with zero attached hydrogens (tertiary/aromatic N) is 5. The molecule has 0 N–H and O–H groups in total. The first kappa shape index (κ1) is 17.7. The SMILES string of the molecule is Cc1cc2c(N3CCN(C(=O)OC(C)(C)C)CC3)ncnc2c(Cl)n1. The van der Waals surface area contributed by atoms with Crippen LogP contribution in [0.3, 0.4) is 0 Å². The molecule has 3 rings (SSSR count). The molecule has 1 fully saturated rings. The average Bonchev–Trinajstić information content (AvgIpc) is 2.53. The van der Waals surface area contributed by atoms with Crippen molar-refractivity contribution in [1.29, 1.82) is 0 Å². The number of aromatic nitrogens is 3. The van der Waals surface area contributed by atoms with Gasteiger partial charge < -0.3 is 14.5 Å². The number of amides is 1. The Balaban J connectivity index is 1.78. The van der Waals surface area contributed by atoms with Gasteiger partial charge in [0.1, 0.15) is 23.3 Å². The van der Waals surface area contributed by atoms with E-state index in [-0.39, 0.29) is 6.09 Å². The van der Waals surface area contributed by atoms with E-state index in [1.54, 1.807) is 4.90 Å². The summed E-state index contributed by atoms with van der Waals surface area (Å²) >= 11 is 6.21. The average molecular weight is 364 g/mol. The Morgan fingerprint density at radius 3 is 2.52 bits per heavy atom. The molecule has 1 amide bonds. The summed E-state index contributed by atoms with van der Waals surface area (Å²) in [4.78, 5) is 29.0. The monoisotopic (exact) mass is 363 g/mol. The van der Waals surface area contributed by atoms with E-state index in [2.05, 4.69) is 19.9 Å². The molecule has 25 heavy (non-hydrogen) atoms. The molecule has 0 aliphatic carbocycles. The Morgan fingerprint density at radius 2 is 1.88 bits per heavy atom. The predicted molar refractivity (Wildman–Crippen MR) is 97.1 cm³/mol. The molecule has 1 saturated heterocycles. The van der Waals surface area contributed by atoms with Crippen molar-refractivity contribution in [3.05, 3.63) is 23.2 Å². The predicted octanol–water partition coefficient (Wildman–Crippen LogP) is 3.04. The number of fused-ring (bicyclic) bond motifs is 1. The molecule has 0 bridgehead atoms. The maximum absolute atomic E-state index is 12.2. The zero-order valence-electron chi connectivity index (χ0n) is 14.9. The van der Waals surface area contributed by atoms with Crippen LogP contribution in [0.4, 0.5) is 10.6 Å². The quantitative estimate of drug-likeness (QED) is 0.725. The lowest BCUT2D eigenvalue weighted by atomic mass is 10.2. The highest BCUT2D eigenvalue weighted by molar-refractivity contribution is 6.34. The number of rotatable bonds is 1. The van der Waals surface area contributed by atoms with Gasteiger partial charge in [0.25, 0.3) is 0 Å². The van der Waals surface area contributed by atoms with E-state index in [1.165, 1.54) is 6.33 Å². The second kappa shape index (κ2) is 6.63. The molecule has 0 aromatic carbocycles. The third kappa shape index (κ3) is 3.92. The highest BCUT2D eigenvalue weighted by Gasteiger charge is 2.27. The van der Waals surface area contributed by atoms with Crippen molar-refractivity contribution in [3.8, 4) is 0 Å². The van der Waals surface area contributed by atoms with Gasteiger partial charge in [0, 0.05) is 37.3 Å². The highest BCUT2D eigenvalue weighted by Crippen LogP contribution is 2.28. The second-order valence-electron chi connectivity index (χ2n) is 7.10. The number of carbonyl (C=O) groups excluding carboxylic acids is 1. The van der Waals surface area contributed by atoms with Gasteiger partial charge in [0.05, 0.1) is 0 Å². The molecule has 0 radical (unpaired) electrons. The first-order valence-electron chi connectivity index (χ1n) is 8.25. The maximum atomic E-state index is 12.2. The van der Waals surface area contributed by atoms with Crippen LogP contribution in [0.15, 0.2) is 12.4 Å². The summed E-state index contributed by atoms with van der Waals surface area (Å²) in [6, 6.07) is 1.94. The van der Waals surface area contributed by atoms with Crippen LogP contribution in [0.25, 0.3) is 10.9 Å². The third-order valence-corrected chi connectivity index (χ3v) is 4.18. The molecule has 0 unspecified atom stereocenters. The molecule has 0 spiro atoms. The molecule has 0 atom stereocenters. The van der Waals surface area contributed by atoms with Gasteiger partial charge in [0.15, 0.2) is 5.15 Å². The van der Waals surface area contributed by atoms with Crippen molar-refractivity contribution in [2.45, 2.75) is 33.3 Å². The lowest BCUT2D eigenvalue weighted by Gasteiger charge is -2.36.